The van der Waals surface area contributed by atoms with E-state index in [0.717, 1.165) is 16.8 Å². The second-order valence-corrected chi connectivity index (χ2v) is 2.49. The van der Waals surface area contributed by atoms with Crippen molar-refractivity contribution in [2.24, 2.45) is 10.2 Å². The topological polar surface area (TPSA) is 24.7 Å². The minimum absolute atomic E-state index is 0.829. The molecule has 0 heterocycles. The van der Waals surface area contributed by atoms with Gasteiger partial charge < -0.3 is 0 Å². The van der Waals surface area contributed by atoms with E-state index in [9.17, 15) is 0 Å². The molecule has 0 atom stereocenters. The van der Waals surface area contributed by atoms with E-state index >= 15 is 0 Å². The molecule has 0 spiro atoms. The Hall–Kier alpha value is -1.70. The number of azo groups is 1. The van der Waals surface area contributed by atoms with Crippen LogP contribution in [-0.2, 0) is 0 Å². The zero-order valence-corrected chi connectivity index (χ0v) is 11.7. The Morgan fingerprint density at radius 2 is 1.59 bits per heavy atom. The highest BCUT2D eigenvalue weighted by molar-refractivity contribution is 5.72. The molecule has 1 aromatic carbocycles. The fourth-order valence-electron chi connectivity index (χ4n) is 1.17. The summed E-state index contributed by atoms with van der Waals surface area (Å²) in [5, 5.41) is 7.72. The van der Waals surface area contributed by atoms with Crippen LogP contribution in [0.15, 0.2) is 41.6 Å². The summed E-state index contributed by atoms with van der Waals surface area (Å²) >= 11 is 0. The predicted octanol–water partition coefficient (Wildman–Crippen LogP) is 5.74. The first-order valence-electron chi connectivity index (χ1n) is 6.01. The summed E-state index contributed by atoms with van der Waals surface area (Å²) in [4.78, 5) is 0. The van der Waals surface area contributed by atoms with Crippen LogP contribution in [0.5, 0.6) is 0 Å². The van der Waals surface area contributed by atoms with Gasteiger partial charge in [0.15, 0.2) is 0 Å². The van der Waals surface area contributed by atoms with Crippen molar-refractivity contribution in [3.8, 4) is 0 Å². The Bertz CT molecular complexity index is 352. The number of hydrogen-bond donors (Lipinski definition) is 0. The van der Waals surface area contributed by atoms with E-state index in [2.05, 4.69) is 23.4 Å². The van der Waals surface area contributed by atoms with Crippen LogP contribution in [0.2, 0.25) is 0 Å². The molecule has 0 fully saturated rings. The van der Waals surface area contributed by atoms with E-state index in [4.69, 9.17) is 0 Å². The molecule has 0 bridgehead atoms. The summed E-state index contributed by atoms with van der Waals surface area (Å²) in [6, 6.07) is 5.80. The Labute approximate surface area is 106 Å². The van der Waals surface area contributed by atoms with Crippen molar-refractivity contribution in [2.75, 3.05) is 7.05 Å². The Balaban J connectivity index is 0. The molecule has 0 amide bonds. The van der Waals surface area contributed by atoms with Crippen molar-refractivity contribution in [3.05, 3.63) is 42.5 Å². The van der Waals surface area contributed by atoms with Gasteiger partial charge in [-0.15, -0.1) is 0 Å². The van der Waals surface area contributed by atoms with Gasteiger partial charge in [0.05, 0.1) is 5.69 Å². The standard InChI is InChI=1S/C11H12N2.2C2H6/c1-4-9-7-6-8-11(13-12-3)10(9)5-2;2*1-2/h4-8H,1-2H2,3H3;2*1-2H3. The van der Waals surface area contributed by atoms with Crippen LogP contribution < -0.4 is 0 Å². The molecule has 1 rings (SSSR count). The quantitative estimate of drug-likeness (QED) is 0.594. The molecule has 0 saturated heterocycles. The van der Waals surface area contributed by atoms with Crippen LogP contribution in [0.25, 0.3) is 12.2 Å². The molecule has 0 radical (unpaired) electrons. The van der Waals surface area contributed by atoms with Gasteiger partial charge in [-0.25, -0.2) is 0 Å². The molecule has 2 heteroatoms. The van der Waals surface area contributed by atoms with Gasteiger partial charge in [0.2, 0.25) is 0 Å². The van der Waals surface area contributed by atoms with Crippen LogP contribution in [0, 0.1) is 0 Å². The molecule has 2 nitrogen and oxygen atoms in total. The fraction of sp³-hybridized carbons (Fsp3) is 0.333. The smallest absolute Gasteiger partial charge is 0.0930 e. The van der Waals surface area contributed by atoms with Gasteiger partial charge in [-0.05, 0) is 11.6 Å². The van der Waals surface area contributed by atoms with Gasteiger partial charge in [-0.1, -0.05) is 65.1 Å². The van der Waals surface area contributed by atoms with E-state index in [1.54, 1.807) is 19.2 Å². The zero-order chi connectivity index (χ0) is 13.7. The first-order valence-corrected chi connectivity index (χ1v) is 6.01. The second-order valence-electron chi connectivity index (χ2n) is 2.49. The molecule has 17 heavy (non-hydrogen) atoms. The normalized spacial score (nSPS) is 8.53. The Morgan fingerprint density at radius 1 is 1.00 bits per heavy atom. The molecular weight excluding hydrogens is 208 g/mol. The molecule has 94 valence electrons. The minimum atomic E-state index is 0.829. The third-order valence-electron chi connectivity index (χ3n) is 1.75. The largest absolute Gasteiger partial charge is 0.192 e. The summed E-state index contributed by atoms with van der Waals surface area (Å²) in [5.74, 6) is 0. The first-order chi connectivity index (χ1) is 8.33. The van der Waals surface area contributed by atoms with Gasteiger partial charge >= 0.3 is 0 Å². The molecule has 0 saturated carbocycles. The van der Waals surface area contributed by atoms with E-state index in [1.165, 1.54) is 0 Å². The molecule has 0 aliphatic rings. The lowest BCUT2D eigenvalue weighted by atomic mass is 10.1. The summed E-state index contributed by atoms with van der Waals surface area (Å²) in [6.07, 6.45) is 3.55. The van der Waals surface area contributed by atoms with Crippen LogP contribution in [0.1, 0.15) is 38.8 Å². The van der Waals surface area contributed by atoms with E-state index in [1.807, 2.05) is 45.9 Å². The van der Waals surface area contributed by atoms with Crippen LogP contribution in [0.4, 0.5) is 5.69 Å². The van der Waals surface area contributed by atoms with Crippen molar-refractivity contribution >= 4 is 17.8 Å². The first kappa shape index (κ1) is 17.7. The van der Waals surface area contributed by atoms with Gasteiger partial charge in [0, 0.05) is 12.6 Å². The summed E-state index contributed by atoms with van der Waals surface area (Å²) in [7, 11) is 1.65. The highest BCUT2D eigenvalue weighted by atomic mass is 15.1. The van der Waals surface area contributed by atoms with Gasteiger partial charge in [0.25, 0.3) is 0 Å². The predicted molar refractivity (Wildman–Crippen MR) is 79.8 cm³/mol. The van der Waals surface area contributed by atoms with Gasteiger partial charge in [-0.3, -0.25) is 0 Å². The van der Waals surface area contributed by atoms with Crippen LogP contribution >= 0.6 is 0 Å². The van der Waals surface area contributed by atoms with Crippen LogP contribution in [-0.4, -0.2) is 7.05 Å². The average molecular weight is 232 g/mol. The van der Waals surface area contributed by atoms with Gasteiger partial charge in [-0.2, -0.15) is 10.2 Å². The summed E-state index contributed by atoms with van der Waals surface area (Å²) in [5.41, 5.74) is 2.83. The third kappa shape index (κ3) is 5.81. The van der Waals surface area contributed by atoms with Crippen molar-refractivity contribution < 1.29 is 0 Å². The molecule has 0 aromatic heterocycles. The van der Waals surface area contributed by atoms with Crippen molar-refractivity contribution in [3.63, 3.8) is 0 Å². The third-order valence-corrected chi connectivity index (χ3v) is 1.75. The number of benzene rings is 1. The van der Waals surface area contributed by atoms with Crippen molar-refractivity contribution in [1.29, 1.82) is 0 Å². The summed E-state index contributed by atoms with van der Waals surface area (Å²) < 4.78 is 0. The molecule has 0 N–H and O–H groups in total. The van der Waals surface area contributed by atoms with Crippen LogP contribution in [0.3, 0.4) is 0 Å². The Morgan fingerprint density at radius 3 is 2.00 bits per heavy atom. The summed E-state index contributed by atoms with van der Waals surface area (Å²) in [6.45, 7) is 15.5. The highest BCUT2D eigenvalue weighted by Gasteiger charge is 2.00. The van der Waals surface area contributed by atoms with E-state index < -0.39 is 0 Å². The maximum atomic E-state index is 3.99. The maximum Gasteiger partial charge on any atom is 0.0930 e. The van der Waals surface area contributed by atoms with E-state index in [0.29, 0.717) is 0 Å². The molecule has 0 aliphatic carbocycles. The number of hydrogen-bond acceptors (Lipinski definition) is 2. The monoisotopic (exact) mass is 232 g/mol. The van der Waals surface area contributed by atoms with Crippen molar-refractivity contribution in [2.45, 2.75) is 27.7 Å². The molecular formula is C15H24N2. The molecule has 1 aromatic rings. The Kier molecular flexibility index (Phi) is 12.9. The SMILES string of the molecule is C=Cc1cccc(N=NC)c1C=C.CC.CC. The lowest BCUT2D eigenvalue weighted by Crippen LogP contribution is -1.79. The average Bonchev–Trinajstić information content (AvgIpc) is 2.43. The van der Waals surface area contributed by atoms with Crippen molar-refractivity contribution in [1.82, 2.24) is 0 Å². The minimum Gasteiger partial charge on any atom is -0.192 e. The highest BCUT2D eigenvalue weighted by Crippen LogP contribution is 2.24. The molecule has 0 aliphatic heterocycles. The maximum absolute atomic E-state index is 3.99. The molecule has 0 unspecified atom stereocenters. The lowest BCUT2D eigenvalue weighted by Gasteiger charge is -2.02. The second kappa shape index (κ2) is 12.4. The lowest BCUT2D eigenvalue weighted by molar-refractivity contribution is 1.16. The number of nitrogens with zero attached hydrogens (tertiary/aromatic N) is 2. The number of rotatable bonds is 3. The van der Waals surface area contributed by atoms with Gasteiger partial charge in [0.1, 0.15) is 0 Å². The zero-order valence-electron chi connectivity index (χ0n) is 11.7. The fourth-order valence-corrected chi connectivity index (χ4v) is 1.17. The van der Waals surface area contributed by atoms with E-state index in [-0.39, 0.29) is 0 Å².